The van der Waals surface area contributed by atoms with Gasteiger partial charge in [0.2, 0.25) is 5.91 Å². The number of hydrogen-bond donors (Lipinski definition) is 2. The molecule has 1 atom stereocenters. The smallest absolute Gasteiger partial charge is 0.241 e. The summed E-state index contributed by atoms with van der Waals surface area (Å²) in [5, 5.41) is 10.9. The number of halogens is 2. The van der Waals surface area contributed by atoms with Gasteiger partial charge in [0.1, 0.15) is 6.33 Å². The molecule has 6 nitrogen and oxygen atoms in total. The summed E-state index contributed by atoms with van der Waals surface area (Å²) in [4.78, 5) is 12.1. The van der Waals surface area contributed by atoms with Gasteiger partial charge >= 0.3 is 0 Å². The first-order valence-corrected chi connectivity index (χ1v) is 7.56. The van der Waals surface area contributed by atoms with E-state index in [9.17, 15) is 4.79 Å². The molecular formula is C16H25Cl2N5O. The molecule has 3 N–H and O–H groups in total. The van der Waals surface area contributed by atoms with Gasteiger partial charge in [0.25, 0.3) is 0 Å². The summed E-state index contributed by atoms with van der Waals surface area (Å²) in [6.07, 6.45) is 2.36. The van der Waals surface area contributed by atoms with Gasteiger partial charge in [0, 0.05) is 17.8 Å². The number of carbonyl (C=O) groups is 1. The SMILES string of the molecule is CCn1cnnc1-c1cccc(NC(=O)[C@@H](N)CC(C)C)c1.Cl.Cl. The lowest BCUT2D eigenvalue weighted by Crippen LogP contribution is -2.36. The second kappa shape index (κ2) is 10.3. The number of anilines is 1. The van der Waals surface area contributed by atoms with Gasteiger partial charge in [-0.25, -0.2) is 0 Å². The number of nitrogens with one attached hydrogen (secondary N) is 1. The minimum Gasteiger partial charge on any atom is -0.325 e. The Kier molecular flexibility index (Phi) is 9.58. The molecule has 0 aliphatic heterocycles. The van der Waals surface area contributed by atoms with Crippen LogP contribution in [-0.2, 0) is 11.3 Å². The van der Waals surface area contributed by atoms with E-state index in [1.165, 1.54) is 0 Å². The van der Waals surface area contributed by atoms with Gasteiger partial charge in [0.15, 0.2) is 5.82 Å². The van der Waals surface area contributed by atoms with Crippen molar-refractivity contribution in [3.05, 3.63) is 30.6 Å². The number of carbonyl (C=O) groups excluding carboxylic acids is 1. The third-order valence-corrected chi connectivity index (χ3v) is 3.41. The number of hydrogen-bond acceptors (Lipinski definition) is 4. The van der Waals surface area contributed by atoms with Crippen LogP contribution < -0.4 is 11.1 Å². The number of rotatable bonds is 6. The van der Waals surface area contributed by atoms with Gasteiger partial charge in [-0.15, -0.1) is 35.0 Å². The van der Waals surface area contributed by atoms with Gasteiger partial charge in [0.05, 0.1) is 6.04 Å². The Morgan fingerprint density at radius 1 is 1.33 bits per heavy atom. The lowest BCUT2D eigenvalue weighted by molar-refractivity contribution is -0.117. The summed E-state index contributed by atoms with van der Waals surface area (Å²) in [5.41, 5.74) is 7.53. The van der Waals surface area contributed by atoms with Crippen LogP contribution in [0.5, 0.6) is 0 Å². The molecule has 0 unspecified atom stereocenters. The fraction of sp³-hybridized carbons (Fsp3) is 0.438. The third-order valence-electron chi connectivity index (χ3n) is 3.41. The van der Waals surface area contributed by atoms with Gasteiger partial charge in [-0.05, 0) is 31.4 Å². The Hall–Kier alpha value is -1.63. The molecule has 1 aromatic heterocycles. The third kappa shape index (κ3) is 5.78. The summed E-state index contributed by atoms with van der Waals surface area (Å²) in [7, 11) is 0. The van der Waals surface area contributed by atoms with Gasteiger partial charge in [-0.3, -0.25) is 4.79 Å². The Labute approximate surface area is 155 Å². The van der Waals surface area contributed by atoms with Crippen molar-refractivity contribution in [1.82, 2.24) is 14.8 Å². The van der Waals surface area contributed by atoms with E-state index in [1.807, 2.05) is 49.6 Å². The summed E-state index contributed by atoms with van der Waals surface area (Å²) < 4.78 is 1.95. The molecule has 8 heteroatoms. The second-order valence-electron chi connectivity index (χ2n) is 5.75. The molecule has 0 saturated carbocycles. The zero-order valence-electron chi connectivity index (χ0n) is 14.1. The Morgan fingerprint density at radius 2 is 2.04 bits per heavy atom. The molecule has 0 spiro atoms. The number of amides is 1. The highest BCUT2D eigenvalue weighted by molar-refractivity contribution is 5.95. The van der Waals surface area contributed by atoms with Gasteiger partial charge < -0.3 is 15.6 Å². The van der Waals surface area contributed by atoms with Crippen LogP contribution in [0.25, 0.3) is 11.4 Å². The van der Waals surface area contributed by atoms with Crippen LogP contribution >= 0.6 is 24.8 Å². The summed E-state index contributed by atoms with van der Waals surface area (Å²) in [6.45, 7) is 6.91. The lowest BCUT2D eigenvalue weighted by atomic mass is 10.0. The molecule has 2 rings (SSSR count). The van der Waals surface area contributed by atoms with Crippen LogP contribution in [0.3, 0.4) is 0 Å². The van der Waals surface area contributed by atoms with E-state index in [2.05, 4.69) is 15.5 Å². The maximum absolute atomic E-state index is 12.1. The molecule has 24 heavy (non-hydrogen) atoms. The van der Waals surface area contributed by atoms with E-state index in [4.69, 9.17) is 5.73 Å². The molecule has 0 fully saturated rings. The lowest BCUT2D eigenvalue weighted by Gasteiger charge is -2.14. The minimum absolute atomic E-state index is 0. The number of nitrogens with two attached hydrogens (primary N) is 1. The summed E-state index contributed by atoms with van der Waals surface area (Å²) in [5.74, 6) is 1.00. The highest BCUT2D eigenvalue weighted by atomic mass is 35.5. The van der Waals surface area contributed by atoms with Gasteiger partial charge in [-0.2, -0.15) is 0 Å². The second-order valence-corrected chi connectivity index (χ2v) is 5.75. The van der Waals surface area contributed by atoms with E-state index in [1.54, 1.807) is 6.33 Å². The molecule has 1 aromatic carbocycles. The highest BCUT2D eigenvalue weighted by Crippen LogP contribution is 2.21. The normalized spacial score (nSPS) is 11.4. The monoisotopic (exact) mass is 373 g/mol. The predicted molar refractivity (Wildman–Crippen MR) is 102 cm³/mol. The predicted octanol–water partition coefficient (Wildman–Crippen LogP) is 3.12. The first kappa shape index (κ1) is 22.4. The molecule has 0 aliphatic rings. The molecule has 0 radical (unpaired) electrons. The van der Waals surface area contributed by atoms with Crippen LogP contribution in [0.15, 0.2) is 30.6 Å². The van der Waals surface area contributed by atoms with Crippen LogP contribution in [0.1, 0.15) is 27.2 Å². The largest absolute Gasteiger partial charge is 0.325 e. The average Bonchev–Trinajstić information content (AvgIpc) is 2.95. The Bertz CT molecular complexity index is 645. The van der Waals surface area contributed by atoms with Gasteiger partial charge in [-0.1, -0.05) is 26.0 Å². The fourth-order valence-electron chi connectivity index (χ4n) is 2.30. The average molecular weight is 374 g/mol. The quantitative estimate of drug-likeness (QED) is 0.814. The first-order chi connectivity index (χ1) is 10.5. The van der Waals surface area contributed by atoms with E-state index in [0.29, 0.717) is 18.0 Å². The van der Waals surface area contributed by atoms with Crippen molar-refractivity contribution >= 4 is 36.4 Å². The van der Waals surface area contributed by atoms with Crippen molar-refractivity contribution in [3.8, 4) is 11.4 Å². The number of benzene rings is 1. The van der Waals surface area contributed by atoms with Crippen molar-refractivity contribution in [2.24, 2.45) is 11.7 Å². The maximum atomic E-state index is 12.1. The fourth-order valence-corrected chi connectivity index (χ4v) is 2.30. The first-order valence-electron chi connectivity index (χ1n) is 7.56. The molecule has 1 amide bonds. The van der Waals surface area contributed by atoms with Crippen molar-refractivity contribution in [2.45, 2.75) is 39.8 Å². The number of aromatic nitrogens is 3. The molecule has 2 aromatic rings. The summed E-state index contributed by atoms with van der Waals surface area (Å²) in [6, 6.07) is 7.06. The summed E-state index contributed by atoms with van der Waals surface area (Å²) >= 11 is 0. The molecule has 0 bridgehead atoms. The van der Waals surface area contributed by atoms with Crippen LogP contribution in [-0.4, -0.2) is 26.7 Å². The standard InChI is InChI=1S/C16H23N5O.2ClH/c1-4-21-10-18-20-15(21)12-6-5-7-13(9-12)19-16(22)14(17)8-11(2)3;;/h5-7,9-11,14H,4,8,17H2,1-3H3,(H,19,22);2*1H/t14-;;/m0../s1. The van der Waals surface area contributed by atoms with Crippen molar-refractivity contribution < 1.29 is 4.79 Å². The maximum Gasteiger partial charge on any atom is 0.241 e. The van der Waals surface area contributed by atoms with Crippen molar-refractivity contribution in [3.63, 3.8) is 0 Å². The highest BCUT2D eigenvalue weighted by Gasteiger charge is 2.15. The molecule has 0 saturated heterocycles. The molecule has 1 heterocycles. The topological polar surface area (TPSA) is 85.8 Å². The van der Waals surface area contributed by atoms with Crippen LogP contribution in [0.2, 0.25) is 0 Å². The van der Waals surface area contributed by atoms with E-state index >= 15 is 0 Å². The van der Waals surface area contributed by atoms with Crippen LogP contribution in [0.4, 0.5) is 5.69 Å². The van der Waals surface area contributed by atoms with E-state index in [-0.39, 0.29) is 30.7 Å². The van der Waals surface area contributed by atoms with Crippen molar-refractivity contribution in [1.29, 1.82) is 0 Å². The Balaban J connectivity index is 0.00000264. The minimum atomic E-state index is -0.497. The van der Waals surface area contributed by atoms with Crippen molar-refractivity contribution in [2.75, 3.05) is 5.32 Å². The molecule has 134 valence electrons. The number of nitrogens with zero attached hydrogens (tertiary/aromatic N) is 3. The number of aryl methyl sites for hydroxylation is 1. The molecule has 0 aliphatic carbocycles. The molecular weight excluding hydrogens is 349 g/mol. The zero-order chi connectivity index (χ0) is 16.1. The van der Waals surface area contributed by atoms with E-state index < -0.39 is 6.04 Å². The zero-order valence-corrected chi connectivity index (χ0v) is 15.7. The van der Waals surface area contributed by atoms with Crippen LogP contribution in [0, 0.1) is 5.92 Å². The Morgan fingerprint density at radius 3 is 2.67 bits per heavy atom. The van der Waals surface area contributed by atoms with E-state index in [0.717, 1.165) is 17.9 Å².